The molecule has 26 heavy (non-hydrogen) atoms. The van der Waals surface area contributed by atoms with Crippen LogP contribution in [-0.4, -0.2) is 51.7 Å². The summed E-state index contributed by atoms with van der Waals surface area (Å²) in [5.41, 5.74) is 3.61. The van der Waals surface area contributed by atoms with E-state index in [9.17, 15) is 5.11 Å². The maximum absolute atomic E-state index is 10.4. The molecule has 5 rings (SSSR count). The third kappa shape index (κ3) is 2.52. The highest BCUT2D eigenvalue weighted by Crippen LogP contribution is 2.38. The highest BCUT2D eigenvalue weighted by molar-refractivity contribution is 5.73. The van der Waals surface area contributed by atoms with Crippen LogP contribution in [-0.2, 0) is 0 Å². The summed E-state index contributed by atoms with van der Waals surface area (Å²) >= 11 is 0. The minimum absolute atomic E-state index is 0.186. The molecule has 7 nitrogen and oxygen atoms in total. The lowest BCUT2D eigenvalue weighted by Gasteiger charge is -2.48. The molecule has 132 valence electrons. The lowest BCUT2D eigenvalue weighted by atomic mass is 9.79. The number of phenolic OH excluding ortho intramolecular Hbond substituents is 1. The van der Waals surface area contributed by atoms with E-state index in [0.29, 0.717) is 16.7 Å². The molecule has 1 aromatic carbocycles. The van der Waals surface area contributed by atoms with Gasteiger partial charge in [-0.1, -0.05) is 6.07 Å². The third-order valence-corrected chi connectivity index (χ3v) is 5.46. The van der Waals surface area contributed by atoms with Gasteiger partial charge < -0.3 is 15.3 Å². The third-order valence-electron chi connectivity index (χ3n) is 5.46. The number of H-pyrrole nitrogens is 1. The number of nitrogens with one attached hydrogen (secondary N) is 2. The van der Waals surface area contributed by atoms with Gasteiger partial charge in [-0.2, -0.15) is 5.10 Å². The summed E-state index contributed by atoms with van der Waals surface area (Å²) in [6.45, 7) is 4.30. The lowest BCUT2D eigenvalue weighted by molar-refractivity contribution is 0.241. The van der Waals surface area contributed by atoms with Crippen molar-refractivity contribution in [1.29, 1.82) is 0 Å². The van der Waals surface area contributed by atoms with Crippen molar-refractivity contribution in [2.45, 2.75) is 6.42 Å². The molecule has 0 radical (unpaired) electrons. The Hall–Kier alpha value is -2.93. The number of rotatable bonds is 3. The molecule has 0 aliphatic carbocycles. The molecule has 0 unspecified atom stereocenters. The Bertz CT molecular complexity index is 908. The summed E-state index contributed by atoms with van der Waals surface area (Å²) in [7, 11) is 0. The molecule has 0 saturated carbocycles. The number of nitrogens with zero attached hydrogens (tertiary/aromatic N) is 4. The van der Waals surface area contributed by atoms with E-state index in [1.165, 1.54) is 6.42 Å². The summed E-state index contributed by atoms with van der Waals surface area (Å²) in [6.07, 6.45) is 4.76. The van der Waals surface area contributed by atoms with E-state index < -0.39 is 0 Å². The van der Waals surface area contributed by atoms with Crippen molar-refractivity contribution in [2.24, 2.45) is 5.41 Å². The maximum Gasteiger partial charge on any atom is 0.151 e. The van der Waals surface area contributed by atoms with Gasteiger partial charge >= 0.3 is 0 Å². The number of aromatic hydroxyl groups is 1. The number of hydrogen-bond donors (Lipinski definition) is 3. The molecule has 4 heterocycles. The number of aromatic amines is 1. The fourth-order valence-electron chi connectivity index (χ4n) is 3.96. The standard InChI is InChI=1S/C19H20N6O/c26-17-7-13(14-8-21-22-9-14)1-2-15(17)16-3-4-18(24-23-16)25-11-19(12-25)5-6-20-10-19/h1-4,7-9,20,26H,5-6,10-12H2,(H,21,22). The van der Waals surface area contributed by atoms with Gasteiger partial charge in [-0.05, 0) is 42.8 Å². The monoisotopic (exact) mass is 348 g/mol. The van der Waals surface area contributed by atoms with Crippen LogP contribution in [0.1, 0.15) is 6.42 Å². The predicted octanol–water partition coefficient (Wildman–Crippen LogP) is 2.04. The van der Waals surface area contributed by atoms with Gasteiger partial charge in [-0.25, -0.2) is 0 Å². The average molecular weight is 348 g/mol. The van der Waals surface area contributed by atoms with Crippen LogP contribution in [0.5, 0.6) is 5.75 Å². The molecule has 7 heteroatoms. The molecule has 2 fully saturated rings. The second-order valence-corrected chi connectivity index (χ2v) is 7.28. The zero-order valence-corrected chi connectivity index (χ0v) is 14.3. The van der Waals surface area contributed by atoms with Crippen molar-refractivity contribution >= 4 is 5.82 Å². The van der Waals surface area contributed by atoms with E-state index in [0.717, 1.165) is 43.1 Å². The molecule has 2 aromatic heterocycles. The molecule has 2 saturated heterocycles. The number of anilines is 1. The summed E-state index contributed by atoms with van der Waals surface area (Å²) in [5.74, 6) is 1.09. The van der Waals surface area contributed by atoms with Gasteiger partial charge in [0, 0.05) is 42.4 Å². The molecule has 3 aromatic rings. The van der Waals surface area contributed by atoms with Crippen LogP contribution in [0.25, 0.3) is 22.4 Å². The summed E-state index contributed by atoms with van der Waals surface area (Å²) in [5, 5.41) is 29.3. The summed E-state index contributed by atoms with van der Waals surface area (Å²) in [6, 6.07) is 9.45. The maximum atomic E-state index is 10.4. The van der Waals surface area contributed by atoms with Crippen molar-refractivity contribution in [3.05, 3.63) is 42.7 Å². The molecular formula is C19H20N6O. The molecule has 1 spiro atoms. The van der Waals surface area contributed by atoms with Crippen LogP contribution in [0, 0.1) is 5.41 Å². The Labute approximate surface area is 151 Å². The zero-order chi connectivity index (χ0) is 17.6. The largest absolute Gasteiger partial charge is 0.507 e. The van der Waals surface area contributed by atoms with E-state index in [4.69, 9.17) is 0 Å². The molecule has 0 atom stereocenters. The van der Waals surface area contributed by atoms with Gasteiger partial charge in [0.05, 0.1) is 11.9 Å². The molecule has 2 aliphatic rings. The van der Waals surface area contributed by atoms with Gasteiger partial charge in [0.15, 0.2) is 5.82 Å². The Morgan fingerprint density at radius 3 is 2.65 bits per heavy atom. The van der Waals surface area contributed by atoms with Crippen molar-refractivity contribution in [2.75, 3.05) is 31.1 Å². The highest BCUT2D eigenvalue weighted by atomic mass is 16.3. The average Bonchev–Trinajstić information content (AvgIpc) is 3.33. The molecule has 0 amide bonds. The predicted molar refractivity (Wildman–Crippen MR) is 98.8 cm³/mol. The van der Waals surface area contributed by atoms with Crippen LogP contribution < -0.4 is 10.2 Å². The quantitative estimate of drug-likeness (QED) is 0.671. The van der Waals surface area contributed by atoms with Gasteiger partial charge in [0.2, 0.25) is 0 Å². The Balaban J connectivity index is 1.34. The smallest absolute Gasteiger partial charge is 0.151 e. The van der Waals surface area contributed by atoms with Gasteiger partial charge in [0.25, 0.3) is 0 Å². The van der Waals surface area contributed by atoms with E-state index in [-0.39, 0.29) is 5.75 Å². The summed E-state index contributed by atoms with van der Waals surface area (Å²) in [4.78, 5) is 2.27. The van der Waals surface area contributed by atoms with Crippen LogP contribution >= 0.6 is 0 Å². The van der Waals surface area contributed by atoms with E-state index in [2.05, 4.69) is 30.6 Å². The topological polar surface area (TPSA) is 90.0 Å². The van der Waals surface area contributed by atoms with Gasteiger partial charge in [0.1, 0.15) is 5.75 Å². The highest BCUT2D eigenvalue weighted by Gasteiger charge is 2.45. The van der Waals surface area contributed by atoms with Gasteiger partial charge in [-0.3, -0.25) is 5.10 Å². The second-order valence-electron chi connectivity index (χ2n) is 7.28. The van der Waals surface area contributed by atoms with Crippen LogP contribution in [0.2, 0.25) is 0 Å². The van der Waals surface area contributed by atoms with E-state index >= 15 is 0 Å². The lowest BCUT2D eigenvalue weighted by Crippen LogP contribution is -2.57. The van der Waals surface area contributed by atoms with Crippen LogP contribution in [0.3, 0.4) is 0 Å². The van der Waals surface area contributed by atoms with Crippen molar-refractivity contribution in [3.63, 3.8) is 0 Å². The van der Waals surface area contributed by atoms with Crippen LogP contribution in [0.15, 0.2) is 42.7 Å². The molecule has 3 N–H and O–H groups in total. The number of hydrogen-bond acceptors (Lipinski definition) is 6. The minimum Gasteiger partial charge on any atom is -0.507 e. The Kier molecular flexibility index (Phi) is 3.43. The van der Waals surface area contributed by atoms with Crippen molar-refractivity contribution in [3.8, 4) is 28.1 Å². The first-order valence-electron chi connectivity index (χ1n) is 8.84. The van der Waals surface area contributed by atoms with E-state index in [1.54, 1.807) is 18.5 Å². The van der Waals surface area contributed by atoms with Crippen molar-refractivity contribution < 1.29 is 5.11 Å². The first-order valence-corrected chi connectivity index (χ1v) is 8.84. The first kappa shape index (κ1) is 15.3. The first-order chi connectivity index (χ1) is 12.7. The van der Waals surface area contributed by atoms with E-state index in [1.807, 2.05) is 24.3 Å². The normalized spacial score (nSPS) is 18.2. The number of phenols is 1. The minimum atomic E-state index is 0.186. The zero-order valence-electron chi connectivity index (χ0n) is 14.3. The number of benzene rings is 1. The second kappa shape index (κ2) is 5.81. The Morgan fingerprint density at radius 1 is 1.08 bits per heavy atom. The van der Waals surface area contributed by atoms with Crippen molar-refractivity contribution in [1.82, 2.24) is 25.7 Å². The molecule has 2 aliphatic heterocycles. The van der Waals surface area contributed by atoms with Crippen LogP contribution in [0.4, 0.5) is 5.82 Å². The summed E-state index contributed by atoms with van der Waals surface area (Å²) < 4.78 is 0. The molecular weight excluding hydrogens is 328 g/mol. The van der Waals surface area contributed by atoms with Gasteiger partial charge in [-0.15, -0.1) is 10.2 Å². The Morgan fingerprint density at radius 2 is 2.00 bits per heavy atom. The fourth-order valence-corrected chi connectivity index (χ4v) is 3.96. The molecule has 0 bridgehead atoms. The fraction of sp³-hybridized carbons (Fsp3) is 0.316. The SMILES string of the molecule is Oc1cc(-c2cn[nH]c2)ccc1-c1ccc(N2CC3(CCNC3)C2)nn1. The number of aromatic nitrogens is 4.